The van der Waals surface area contributed by atoms with Crippen LogP contribution in [0.3, 0.4) is 0 Å². The van der Waals surface area contributed by atoms with Crippen LogP contribution in [-0.2, 0) is 24.1 Å². The lowest BCUT2D eigenvalue weighted by Crippen LogP contribution is -2.37. The van der Waals surface area contributed by atoms with E-state index in [0.29, 0.717) is 32.2 Å². The van der Waals surface area contributed by atoms with Crippen LogP contribution in [0.25, 0.3) is 0 Å². The van der Waals surface area contributed by atoms with Crippen molar-refractivity contribution in [3.05, 3.63) is 63.9 Å². The van der Waals surface area contributed by atoms with Gasteiger partial charge in [0.15, 0.2) is 0 Å². The number of nitrogens with one attached hydrogen (secondary N) is 1. The van der Waals surface area contributed by atoms with Crippen molar-refractivity contribution >= 4 is 17.5 Å². The predicted octanol–water partition coefficient (Wildman–Crippen LogP) is 5.16. The highest BCUT2D eigenvalue weighted by molar-refractivity contribution is 6.30. The van der Waals surface area contributed by atoms with Crippen LogP contribution in [0.5, 0.6) is 5.75 Å². The number of halogens is 2. The lowest BCUT2D eigenvalue weighted by molar-refractivity contribution is -0.120. The SMILES string of the molecule is C[C@@]1(Cc2ccc(Cl)c(F)c2)Cc2cc(CC(=O)NCCC3(O)CCCCC3)ccc2O1. The summed E-state index contributed by atoms with van der Waals surface area (Å²) in [5.74, 6) is 0.348. The van der Waals surface area contributed by atoms with Crippen LogP contribution in [0, 0.1) is 5.82 Å². The van der Waals surface area contributed by atoms with Crippen LogP contribution < -0.4 is 10.1 Å². The van der Waals surface area contributed by atoms with Gasteiger partial charge in [0, 0.05) is 19.4 Å². The smallest absolute Gasteiger partial charge is 0.224 e. The van der Waals surface area contributed by atoms with Gasteiger partial charge in [-0.2, -0.15) is 0 Å². The minimum Gasteiger partial charge on any atom is -0.487 e. The van der Waals surface area contributed by atoms with E-state index < -0.39 is 17.0 Å². The first-order chi connectivity index (χ1) is 15.2. The van der Waals surface area contributed by atoms with E-state index in [2.05, 4.69) is 5.32 Å². The Balaban J connectivity index is 1.31. The number of benzene rings is 2. The third kappa shape index (κ3) is 5.62. The van der Waals surface area contributed by atoms with E-state index in [0.717, 1.165) is 48.1 Å². The summed E-state index contributed by atoms with van der Waals surface area (Å²) < 4.78 is 20.0. The van der Waals surface area contributed by atoms with Gasteiger partial charge in [-0.1, -0.05) is 49.1 Å². The average Bonchev–Trinajstić information content (AvgIpc) is 3.06. The van der Waals surface area contributed by atoms with Crippen LogP contribution in [0.15, 0.2) is 36.4 Å². The van der Waals surface area contributed by atoms with E-state index in [1.807, 2.05) is 31.2 Å². The summed E-state index contributed by atoms with van der Waals surface area (Å²) in [4.78, 5) is 12.4. The molecule has 2 aliphatic rings. The molecular formula is C26H31ClFNO3. The Bertz CT molecular complexity index is 989. The Morgan fingerprint density at radius 1 is 1.16 bits per heavy atom. The van der Waals surface area contributed by atoms with Gasteiger partial charge in [0.1, 0.15) is 17.2 Å². The van der Waals surface area contributed by atoms with Crippen molar-refractivity contribution in [3.8, 4) is 5.75 Å². The molecule has 1 atom stereocenters. The summed E-state index contributed by atoms with van der Waals surface area (Å²) in [6, 6.07) is 10.7. The number of amides is 1. The molecular weight excluding hydrogens is 429 g/mol. The van der Waals surface area contributed by atoms with Crippen LogP contribution in [-0.4, -0.2) is 28.8 Å². The normalized spacial score (nSPS) is 21.6. The number of aliphatic hydroxyl groups is 1. The summed E-state index contributed by atoms with van der Waals surface area (Å²) in [7, 11) is 0. The second kappa shape index (κ2) is 9.40. The standard InChI is InChI=1S/C26H31ClFNO3/c1-25(16-19-5-7-21(27)22(28)14-19)17-20-13-18(6-8-23(20)32-25)15-24(30)29-12-11-26(31)9-3-2-4-10-26/h5-8,13-14,31H,2-4,9-12,15-17H2,1H3,(H,29,30)/t25-/m1/s1. The van der Waals surface area contributed by atoms with Gasteiger partial charge < -0.3 is 15.2 Å². The molecule has 4 rings (SSSR count). The van der Waals surface area contributed by atoms with Crippen LogP contribution in [0.2, 0.25) is 5.02 Å². The number of rotatable bonds is 7. The van der Waals surface area contributed by atoms with E-state index in [-0.39, 0.29) is 10.9 Å². The summed E-state index contributed by atoms with van der Waals surface area (Å²) in [6.07, 6.45) is 7.13. The van der Waals surface area contributed by atoms with Crippen molar-refractivity contribution in [3.63, 3.8) is 0 Å². The molecule has 2 aromatic carbocycles. The fourth-order valence-electron chi connectivity index (χ4n) is 5.01. The van der Waals surface area contributed by atoms with E-state index >= 15 is 0 Å². The van der Waals surface area contributed by atoms with E-state index in [1.165, 1.54) is 12.5 Å². The predicted molar refractivity (Wildman–Crippen MR) is 124 cm³/mol. The number of hydrogen-bond acceptors (Lipinski definition) is 3. The largest absolute Gasteiger partial charge is 0.487 e. The molecule has 1 aliphatic carbocycles. The minimum absolute atomic E-state index is 0.0392. The highest BCUT2D eigenvalue weighted by Crippen LogP contribution is 2.38. The molecule has 0 saturated heterocycles. The fraction of sp³-hybridized carbons (Fsp3) is 0.500. The summed E-state index contributed by atoms with van der Waals surface area (Å²) in [5.41, 5.74) is 1.74. The van der Waals surface area contributed by atoms with Crippen molar-refractivity contribution in [2.45, 2.75) is 75.9 Å². The van der Waals surface area contributed by atoms with E-state index in [9.17, 15) is 14.3 Å². The molecule has 1 saturated carbocycles. The van der Waals surface area contributed by atoms with Crippen molar-refractivity contribution in [2.24, 2.45) is 0 Å². The van der Waals surface area contributed by atoms with Gasteiger partial charge in [0.25, 0.3) is 0 Å². The molecule has 2 aromatic rings. The molecule has 0 spiro atoms. The molecule has 1 aliphatic heterocycles. The molecule has 1 fully saturated rings. The molecule has 172 valence electrons. The van der Waals surface area contributed by atoms with Crippen molar-refractivity contribution in [1.29, 1.82) is 0 Å². The quantitative estimate of drug-likeness (QED) is 0.601. The molecule has 0 unspecified atom stereocenters. The topological polar surface area (TPSA) is 58.6 Å². The molecule has 6 heteroatoms. The lowest BCUT2D eigenvalue weighted by Gasteiger charge is -2.32. The summed E-state index contributed by atoms with van der Waals surface area (Å²) in [6.45, 7) is 2.51. The zero-order chi connectivity index (χ0) is 22.8. The molecule has 0 bridgehead atoms. The molecule has 2 N–H and O–H groups in total. The molecule has 32 heavy (non-hydrogen) atoms. The Morgan fingerprint density at radius 3 is 2.66 bits per heavy atom. The molecule has 1 heterocycles. The van der Waals surface area contributed by atoms with Crippen molar-refractivity contribution < 1.29 is 19.0 Å². The average molecular weight is 460 g/mol. The number of hydrogen-bond donors (Lipinski definition) is 2. The maximum absolute atomic E-state index is 13.8. The van der Waals surface area contributed by atoms with Gasteiger partial charge in [0.05, 0.1) is 17.0 Å². The van der Waals surface area contributed by atoms with Gasteiger partial charge in [-0.05, 0) is 61.1 Å². The first-order valence-electron chi connectivity index (χ1n) is 11.5. The van der Waals surface area contributed by atoms with Crippen LogP contribution in [0.1, 0.15) is 62.1 Å². The molecule has 0 radical (unpaired) electrons. The van der Waals surface area contributed by atoms with Crippen LogP contribution >= 0.6 is 11.6 Å². The Hall–Kier alpha value is -2.11. The number of carbonyl (C=O) groups excluding carboxylic acids is 1. The van der Waals surface area contributed by atoms with Crippen molar-refractivity contribution in [2.75, 3.05) is 6.54 Å². The number of carbonyl (C=O) groups is 1. The van der Waals surface area contributed by atoms with Crippen molar-refractivity contribution in [1.82, 2.24) is 5.32 Å². The summed E-state index contributed by atoms with van der Waals surface area (Å²) >= 11 is 5.79. The molecule has 4 nitrogen and oxygen atoms in total. The monoisotopic (exact) mass is 459 g/mol. The van der Waals surface area contributed by atoms with Crippen LogP contribution in [0.4, 0.5) is 4.39 Å². The van der Waals surface area contributed by atoms with Gasteiger partial charge >= 0.3 is 0 Å². The third-order valence-electron chi connectivity index (χ3n) is 6.67. The lowest BCUT2D eigenvalue weighted by atomic mass is 9.82. The molecule has 1 amide bonds. The Kier molecular flexibility index (Phi) is 6.78. The second-order valence-electron chi connectivity index (χ2n) is 9.66. The van der Waals surface area contributed by atoms with Gasteiger partial charge in [-0.25, -0.2) is 4.39 Å². The van der Waals surface area contributed by atoms with E-state index in [1.54, 1.807) is 6.07 Å². The number of ether oxygens (including phenoxy) is 1. The summed E-state index contributed by atoms with van der Waals surface area (Å²) in [5, 5.41) is 13.6. The first-order valence-corrected chi connectivity index (χ1v) is 11.9. The minimum atomic E-state index is -0.617. The maximum Gasteiger partial charge on any atom is 0.224 e. The van der Waals surface area contributed by atoms with Gasteiger partial charge in [-0.3, -0.25) is 4.79 Å². The zero-order valence-electron chi connectivity index (χ0n) is 18.6. The van der Waals surface area contributed by atoms with Gasteiger partial charge in [0.2, 0.25) is 5.91 Å². The zero-order valence-corrected chi connectivity index (χ0v) is 19.3. The first kappa shape index (κ1) is 23.1. The molecule has 0 aromatic heterocycles. The maximum atomic E-state index is 13.8. The Morgan fingerprint density at radius 2 is 1.91 bits per heavy atom. The third-order valence-corrected chi connectivity index (χ3v) is 6.98. The van der Waals surface area contributed by atoms with Gasteiger partial charge in [-0.15, -0.1) is 0 Å². The highest BCUT2D eigenvalue weighted by atomic mass is 35.5. The second-order valence-corrected chi connectivity index (χ2v) is 10.1. The number of fused-ring (bicyclic) bond motifs is 1. The Labute approximate surface area is 194 Å². The highest BCUT2D eigenvalue weighted by Gasteiger charge is 2.35. The fourth-order valence-corrected chi connectivity index (χ4v) is 5.12. The van der Waals surface area contributed by atoms with E-state index in [4.69, 9.17) is 16.3 Å².